The van der Waals surface area contributed by atoms with Gasteiger partial charge in [0.15, 0.2) is 0 Å². The molecule has 15 heavy (non-hydrogen) atoms. The Morgan fingerprint density at radius 1 is 1.53 bits per heavy atom. The van der Waals surface area contributed by atoms with Gasteiger partial charge >= 0.3 is 5.51 Å². The third kappa shape index (κ3) is 5.27. The molecule has 0 aromatic rings. The first-order valence-corrected chi connectivity index (χ1v) is 5.69. The summed E-state index contributed by atoms with van der Waals surface area (Å²) in [7, 11) is 0. The van der Waals surface area contributed by atoms with Crippen molar-refractivity contribution in [3.05, 3.63) is 0 Å². The van der Waals surface area contributed by atoms with E-state index in [1.807, 2.05) is 0 Å². The van der Waals surface area contributed by atoms with E-state index in [2.05, 4.69) is 10.6 Å². The zero-order valence-corrected chi connectivity index (χ0v) is 8.88. The van der Waals surface area contributed by atoms with Crippen LogP contribution in [0.1, 0.15) is 12.8 Å². The molecule has 1 rings (SSSR count). The Morgan fingerprint density at radius 2 is 2.27 bits per heavy atom. The monoisotopic (exact) mass is 242 g/mol. The lowest BCUT2D eigenvalue weighted by molar-refractivity contribution is -0.122. The molecule has 88 valence electrons. The molecule has 1 amide bonds. The molecule has 0 spiro atoms. The van der Waals surface area contributed by atoms with Gasteiger partial charge in [0, 0.05) is 12.3 Å². The van der Waals surface area contributed by atoms with Gasteiger partial charge in [0.05, 0.1) is 6.04 Å². The van der Waals surface area contributed by atoms with Gasteiger partial charge < -0.3 is 10.6 Å². The Bertz CT molecular complexity index is 216. The maximum absolute atomic E-state index is 11.7. The van der Waals surface area contributed by atoms with Crippen molar-refractivity contribution in [1.82, 2.24) is 10.6 Å². The van der Waals surface area contributed by atoms with E-state index in [1.54, 1.807) is 0 Å². The molecule has 1 heterocycles. The van der Waals surface area contributed by atoms with Crippen LogP contribution in [-0.4, -0.2) is 36.3 Å². The molecule has 0 saturated carbocycles. The Labute approximate surface area is 90.2 Å². The number of hydrogen-bond acceptors (Lipinski definition) is 3. The average molecular weight is 242 g/mol. The number of halogens is 3. The first-order valence-electron chi connectivity index (χ1n) is 4.71. The fourth-order valence-electron chi connectivity index (χ4n) is 1.37. The topological polar surface area (TPSA) is 41.1 Å². The average Bonchev–Trinajstić information content (AvgIpc) is 2.63. The predicted octanol–water partition coefficient (Wildman–Crippen LogP) is 1.11. The van der Waals surface area contributed by atoms with Crippen molar-refractivity contribution in [2.45, 2.75) is 24.4 Å². The minimum atomic E-state index is -4.21. The highest BCUT2D eigenvalue weighted by atomic mass is 32.2. The van der Waals surface area contributed by atoms with Crippen LogP contribution in [0.5, 0.6) is 0 Å². The molecule has 1 saturated heterocycles. The predicted molar refractivity (Wildman–Crippen MR) is 52.5 cm³/mol. The minimum absolute atomic E-state index is 0.0567. The highest BCUT2D eigenvalue weighted by molar-refractivity contribution is 8.00. The molecule has 1 aliphatic heterocycles. The zero-order chi connectivity index (χ0) is 11.3. The first kappa shape index (κ1) is 12.6. The Morgan fingerprint density at radius 3 is 2.80 bits per heavy atom. The number of carbonyl (C=O) groups is 1. The van der Waals surface area contributed by atoms with Crippen LogP contribution in [0.3, 0.4) is 0 Å². The minimum Gasteiger partial charge on any atom is -0.354 e. The molecule has 0 aromatic heterocycles. The van der Waals surface area contributed by atoms with Crippen LogP contribution in [0.4, 0.5) is 13.2 Å². The summed E-state index contributed by atoms with van der Waals surface area (Å²) in [5.74, 6) is -0.336. The summed E-state index contributed by atoms with van der Waals surface area (Å²) in [5, 5.41) is 5.45. The number of nitrogens with one attached hydrogen (secondary N) is 2. The van der Waals surface area contributed by atoms with Crippen LogP contribution in [0, 0.1) is 0 Å². The van der Waals surface area contributed by atoms with Crippen molar-refractivity contribution in [2.24, 2.45) is 0 Å². The summed E-state index contributed by atoms with van der Waals surface area (Å²) in [6, 6.07) is -0.221. The van der Waals surface area contributed by atoms with E-state index in [0.29, 0.717) is 0 Å². The van der Waals surface area contributed by atoms with E-state index in [0.717, 1.165) is 19.4 Å². The van der Waals surface area contributed by atoms with Crippen molar-refractivity contribution in [1.29, 1.82) is 0 Å². The van der Waals surface area contributed by atoms with E-state index >= 15 is 0 Å². The molecule has 1 atom stereocenters. The molecule has 2 N–H and O–H groups in total. The maximum atomic E-state index is 11.7. The molecule has 3 nitrogen and oxygen atoms in total. The van der Waals surface area contributed by atoms with Gasteiger partial charge in [-0.1, -0.05) is 0 Å². The smallest absolute Gasteiger partial charge is 0.354 e. The van der Waals surface area contributed by atoms with Gasteiger partial charge in [0.2, 0.25) is 5.91 Å². The van der Waals surface area contributed by atoms with Crippen LogP contribution < -0.4 is 10.6 Å². The number of rotatable bonds is 4. The summed E-state index contributed by atoms with van der Waals surface area (Å²) in [6.45, 7) is 0.858. The second kappa shape index (κ2) is 5.60. The molecular formula is C8H13F3N2OS. The van der Waals surface area contributed by atoms with Gasteiger partial charge in [-0.2, -0.15) is 13.2 Å². The van der Waals surface area contributed by atoms with E-state index in [-0.39, 0.29) is 36.0 Å². The Kier molecular flexibility index (Phi) is 4.72. The highest BCUT2D eigenvalue weighted by Crippen LogP contribution is 2.29. The first-order chi connectivity index (χ1) is 6.99. The number of amides is 1. The van der Waals surface area contributed by atoms with Gasteiger partial charge in [-0.05, 0) is 31.1 Å². The third-order valence-electron chi connectivity index (χ3n) is 2.04. The fraction of sp³-hybridized carbons (Fsp3) is 0.875. The lowest BCUT2D eigenvalue weighted by atomic mass is 10.2. The maximum Gasteiger partial charge on any atom is 0.441 e. The van der Waals surface area contributed by atoms with Crippen LogP contribution in [0.15, 0.2) is 0 Å². The van der Waals surface area contributed by atoms with Crippen molar-refractivity contribution in [2.75, 3.05) is 18.8 Å². The Balaban J connectivity index is 2.07. The number of thioether (sulfide) groups is 1. The van der Waals surface area contributed by atoms with Gasteiger partial charge in [-0.15, -0.1) is 0 Å². The second-order valence-electron chi connectivity index (χ2n) is 3.23. The standard InChI is InChI=1S/C8H13F3N2OS/c9-8(10,11)15-5-4-13-7(14)6-2-1-3-12-6/h6,12H,1-5H2,(H,13,14)/t6-/m1/s1. The molecule has 0 unspecified atom stereocenters. The van der Waals surface area contributed by atoms with Gasteiger partial charge in [-0.3, -0.25) is 4.79 Å². The van der Waals surface area contributed by atoms with Gasteiger partial charge in [0.1, 0.15) is 0 Å². The molecule has 0 radical (unpaired) electrons. The van der Waals surface area contributed by atoms with Crippen molar-refractivity contribution < 1.29 is 18.0 Å². The lowest BCUT2D eigenvalue weighted by Gasteiger charge is -2.11. The number of carbonyl (C=O) groups excluding carboxylic acids is 1. The van der Waals surface area contributed by atoms with Crippen LogP contribution in [0.25, 0.3) is 0 Å². The number of alkyl halides is 3. The Hall–Kier alpha value is -0.430. The molecule has 1 aliphatic rings. The zero-order valence-electron chi connectivity index (χ0n) is 8.06. The van der Waals surface area contributed by atoms with Gasteiger partial charge in [-0.25, -0.2) is 0 Å². The van der Waals surface area contributed by atoms with Crippen LogP contribution in [-0.2, 0) is 4.79 Å². The molecular weight excluding hydrogens is 229 g/mol. The largest absolute Gasteiger partial charge is 0.441 e. The van der Waals surface area contributed by atoms with Crippen LogP contribution in [0.2, 0.25) is 0 Å². The third-order valence-corrected chi connectivity index (χ3v) is 2.78. The van der Waals surface area contributed by atoms with Crippen molar-refractivity contribution >= 4 is 17.7 Å². The summed E-state index contributed by atoms with van der Waals surface area (Å²) in [5.41, 5.74) is -4.21. The number of hydrogen-bond donors (Lipinski definition) is 2. The van der Waals surface area contributed by atoms with Gasteiger partial charge in [0.25, 0.3) is 0 Å². The lowest BCUT2D eigenvalue weighted by Crippen LogP contribution is -2.41. The molecule has 7 heteroatoms. The second-order valence-corrected chi connectivity index (χ2v) is 4.39. The molecule has 0 aromatic carbocycles. The summed E-state index contributed by atoms with van der Waals surface area (Å²) in [4.78, 5) is 11.3. The van der Waals surface area contributed by atoms with E-state index in [9.17, 15) is 18.0 Å². The van der Waals surface area contributed by atoms with E-state index in [1.165, 1.54) is 0 Å². The van der Waals surface area contributed by atoms with Crippen molar-refractivity contribution in [3.63, 3.8) is 0 Å². The SMILES string of the molecule is O=C(NCCSC(F)(F)F)[C@H]1CCCN1. The summed E-state index contributed by atoms with van der Waals surface area (Å²) >= 11 is -0.117. The summed E-state index contributed by atoms with van der Waals surface area (Å²) < 4.78 is 35.2. The van der Waals surface area contributed by atoms with E-state index < -0.39 is 5.51 Å². The quantitative estimate of drug-likeness (QED) is 0.726. The normalized spacial score (nSPS) is 21.7. The molecule has 1 fully saturated rings. The molecule has 0 aliphatic carbocycles. The van der Waals surface area contributed by atoms with E-state index in [4.69, 9.17) is 0 Å². The van der Waals surface area contributed by atoms with Crippen LogP contribution >= 0.6 is 11.8 Å². The van der Waals surface area contributed by atoms with Crippen molar-refractivity contribution in [3.8, 4) is 0 Å². The fourth-order valence-corrected chi connectivity index (χ4v) is 1.81. The summed E-state index contributed by atoms with van der Waals surface area (Å²) in [6.07, 6.45) is 1.70. The molecule has 0 bridgehead atoms. The highest BCUT2D eigenvalue weighted by Gasteiger charge is 2.28.